The van der Waals surface area contributed by atoms with Gasteiger partial charge in [-0.25, -0.2) is 4.79 Å². The highest BCUT2D eigenvalue weighted by Gasteiger charge is 2.31. The zero-order valence-electron chi connectivity index (χ0n) is 15.0. The number of ether oxygens (including phenoxy) is 1. The van der Waals surface area contributed by atoms with E-state index in [9.17, 15) is 22.8 Å². The number of amides is 3. The molecule has 2 N–H and O–H groups in total. The Bertz CT molecular complexity index is 629. The van der Waals surface area contributed by atoms with Crippen molar-refractivity contribution in [1.29, 1.82) is 0 Å². The lowest BCUT2D eigenvalue weighted by Crippen LogP contribution is -2.53. The predicted molar refractivity (Wildman–Crippen MR) is 92.1 cm³/mol. The maximum absolute atomic E-state index is 12.2. The first-order chi connectivity index (χ1) is 12.8. The van der Waals surface area contributed by atoms with E-state index in [2.05, 4.69) is 15.4 Å². The van der Waals surface area contributed by atoms with E-state index in [4.69, 9.17) is 0 Å². The van der Waals surface area contributed by atoms with Gasteiger partial charge in [-0.3, -0.25) is 9.69 Å². The molecule has 0 aliphatic carbocycles. The molecule has 1 heterocycles. The fraction of sp³-hybridized carbons (Fsp3) is 0.529. The summed E-state index contributed by atoms with van der Waals surface area (Å²) >= 11 is 0. The number of urea groups is 1. The Morgan fingerprint density at radius 2 is 1.70 bits per heavy atom. The SMILES string of the molecule is CCNC(=O)CN1CCN(C(=O)NCc2ccc(OC(F)(F)F)cc2)CC1. The minimum atomic E-state index is -4.73. The molecule has 150 valence electrons. The fourth-order valence-electron chi connectivity index (χ4n) is 2.66. The van der Waals surface area contributed by atoms with Gasteiger partial charge in [0.05, 0.1) is 6.54 Å². The Morgan fingerprint density at radius 3 is 2.26 bits per heavy atom. The number of nitrogens with one attached hydrogen (secondary N) is 2. The molecule has 27 heavy (non-hydrogen) atoms. The molecule has 0 unspecified atom stereocenters. The maximum atomic E-state index is 12.2. The van der Waals surface area contributed by atoms with Crippen LogP contribution in [-0.4, -0.2) is 67.4 Å². The van der Waals surface area contributed by atoms with Gasteiger partial charge in [0.1, 0.15) is 5.75 Å². The van der Waals surface area contributed by atoms with Gasteiger partial charge in [-0.2, -0.15) is 0 Å². The summed E-state index contributed by atoms with van der Waals surface area (Å²) in [5.41, 5.74) is 0.660. The normalized spacial score (nSPS) is 15.3. The number of carbonyl (C=O) groups is 2. The van der Waals surface area contributed by atoms with E-state index in [1.165, 1.54) is 24.3 Å². The molecule has 0 saturated carbocycles. The first kappa shape index (κ1) is 20.8. The molecule has 1 fully saturated rings. The van der Waals surface area contributed by atoms with Crippen LogP contribution in [0, 0.1) is 0 Å². The van der Waals surface area contributed by atoms with E-state index in [0.717, 1.165) is 0 Å². The predicted octanol–water partition coefficient (Wildman–Crippen LogP) is 1.55. The number of piperazine rings is 1. The molecular weight excluding hydrogens is 365 g/mol. The number of benzene rings is 1. The largest absolute Gasteiger partial charge is 0.573 e. The zero-order chi connectivity index (χ0) is 19.9. The van der Waals surface area contributed by atoms with Crippen molar-refractivity contribution >= 4 is 11.9 Å². The van der Waals surface area contributed by atoms with Crippen LogP contribution in [0.25, 0.3) is 0 Å². The summed E-state index contributed by atoms with van der Waals surface area (Å²) in [5.74, 6) is -0.339. The molecule has 0 atom stereocenters. The second-order valence-corrected chi connectivity index (χ2v) is 6.07. The molecule has 1 aliphatic rings. The van der Waals surface area contributed by atoms with Crippen molar-refractivity contribution in [2.75, 3.05) is 39.3 Å². The number of likely N-dealkylation sites (N-methyl/N-ethyl adjacent to an activating group) is 1. The van der Waals surface area contributed by atoms with Crippen LogP contribution in [0.1, 0.15) is 12.5 Å². The topological polar surface area (TPSA) is 73.9 Å². The average molecular weight is 388 g/mol. The number of alkyl halides is 3. The number of halogens is 3. The molecule has 0 aromatic heterocycles. The highest BCUT2D eigenvalue weighted by molar-refractivity contribution is 5.78. The molecule has 1 aromatic rings. The summed E-state index contributed by atoms with van der Waals surface area (Å²) in [6.07, 6.45) is -4.73. The molecule has 0 spiro atoms. The molecule has 0 bridgehead atoms. The van der Waals surface area contributed by atoms with E-state index in [1.54, 1.807) is 4.90 Å². The summed E-state index contributed by atoms with van der Waals surface area (Å²) in [5, 5.41) is 5.48. The van der Waals surface area contributed by atoms with Crippen LogP contribution in [0.5, 0.6) is 5.75 Å². The molecule has 1 aromatic carbocycles. The second-order valence-electron chi connectivity index (χ2n) is 6.07. The van der Waals surface area contributed by atoms with Gasteiger partial charge >= 0.3 is 12.4 Å². The van der Waals surface area contributed by atoms with E-state index in [1.807, 2.05) is 11.8 Å². The van der Waals surface area contributed by atoms with Gasteiger partial charge in [0.25, 0.3) is 0 Å². The number of nitrogens with zero attached hydrogens (tertiary/aromatic N) is 2. The summed E-state index contributed by atoms with van der Waals surface area (Å²) in [6, 6.07) is 5.09. The third kappa shape index (κ3) is 7.33. The Balaban J connectivity index is 1.72. The molecule has 1 aliphatic heterocycles. The van der Waals surface area contributed by atoms with Crippen LogP contribution in [-0.2, 0) is 11.3 Å². The van der Waals surface area contributed by atoms with Crippen molar-refractivity contribution in [3.63, 3.8) is 0 Å². The van der Waals surface area contributed by atoms with Crippen molar-refractivity contribution in [2.45, 2.75) is 19.8 Å². The van der Waals surface area contributed by atoms with E-state index in [0.29, 0.717) is 44.8 Å². The first-order valence-corrected chi connectivity index (χ1v) is 8.63. The van der Waals surface area contributed by atoms with Gasteiger partial charge in [-0.1, -0.05) is 12.1 Å². The number of carbonyl (C=O) groups excluding carboxylic acids is 2. The van der Waals surface area contributed by atoms with Crippen molar-refractivity contribution < 1.29 is 27.5 Å². The van der Waals surface area contributed by atoms with Crippen molar-refractivity contribution in [3.8, 4) is 5.75 Å². The third-order valence-electron chi connectivity index (χ3n) is 4.00. The third-order valence-corrected chi connectivity index (χ3v) is 4.00. The monoisotopic (exact) mass is 388 g/mol. The summed E-state index contributed by atoms with van der Waals surface area (Å²) in [7, 11) is 0. The van der Waals surface area contributed by atoms with Crippen LogP contribution in [0.2, 0.25) is 0 Å². The van der Waals surface area contributed by atoms with E-state index in [-0.39, 0.29) is 24.2 Å². The van der Waals surface area contributed by atoms with Crippen molar-refractivity contribution in [2.24, 2.45) is 0 Å². The Hall–Kier alpha value is -2.49. The molecule has 2 rings (SSSR count). The number of rotatable bonds is 6. The average Bonchev–Trinajstić information content (AvgIpc) is 2.60. The maximum Gasteiger partial charge on any atom is 0.573 e. The Morgan fingerprint density at radius 1 is 1.07 bits per heavy atom. The van der Waals surface area contributed by atoms with Gasteiger partial charge < -0.3 is 20.3 Å². The molecule has 7 nitrogen and oxygen atoms in total. The van der Waals surface area contributed by atoms with Gasteiger partial charge in [0, 0.05) is 39.3 Å². The van der Waals surface area contributed by atoms with Crippen LogP contribution in [0.3, 0.4) is 0 Å². The molecule has 10 heteroatoms. The lowest BCUT2D eigenvalue weighted by molar-refractivity contribution is -0.274. The molecule has 3 amide bonds. The van der Waals surface area contributed by atoms with Crippen LogP contribution >= 0.6 is 0 Å². The van der Waals surface area contributed by atoms with Gasteiger partial charge in [0.2, 0.25) is 5.91 Å². The van der Waals surface area contributed by atoms with Gasteiger partial charge in [-0.05, 0) is 24.6 Å². The minimum absolute atomic E-state index is 0.0339. The standard InChI is InChI=1S/C17H23F3N4O3/c1-2-21-15(25)12-23-7-9-24(10-8-23)16(26)22-11-13-3-5-14(6-4-13)27-17(18,19)20/h3-6H,2,7-12H2,1H3,(H,21,25)(H,22,26). The molecular formula is C17H23F3N4O3. The lowest BCUT2D eigenvalue weighted by atomic mass is 10.2. The highest BCUT2D eigenvalue weighted by Crippen LogP contribution is 2.22. The number of hydrogen-bond donors (Lipinski definition) is 2. The minimum Gasteiger partial charge on any atom is -0.406 e. The van der Waals surface area contributed by atoms with Crippen LogP contribution in [0.4, 0.5) is 18.0 Å². The quantitative estimate of drug-likeness (QED) is 0.776. The van der Waals surface area contributed by atoms with E-state index < -0.39 is 6.36 Å². The lowest BCUT2D eigenvalue weighted by Gasteiger charge is -2.34. The number of hydrogen-bond acceptors (Lipinski definition) is 4. The van der Waals surface area contributed by atoms with Gasteiger partial charge in [-0.15, -0.1) is 13.2 Å². The molecule has 1 saturated heterocycles. The zero-order valence-corrected chi connectivity index (χ0v) is 15.0. The molecule has 0 radical (unpaired) electrons. The highest BCUT2D eigenvalue weighted by atomic mass is 19.4. The Labute approximate surface area is 155 Å². The smallest absolute Gasteiger partial charge is 0.406 e. The van der Waals surface area contributed by atoms with Crippen molar-refractivity contribution in [1.82, 2.24) is 20.4 Å². The Kier molecular flexibility index (Phi) is 7.28. The van der Waals surface area contributed by atoms with Crippen LogP contribution < -0.4 is 15.4 Å². The van der Waals surface area contributed by atoms with Crippen molar-refractivity contribution in [3.05, 3.63) is 29.8 Å². The van der Waals surface area contributed by atoms with Gasteiger partial charge in [0.15, 0.2) is 0 Å². The first-order valence-electron chi connectivity index (χ1n) is 8.63. The fourth-order valence-corrected chi connectivity index (χ4v) is 2.66. The summed E-state index contributed by atoms with van der Waals surface area (Å²) < 4.78 is 40.2. The summed E-state index contributed by atoms with van der Waals surface area (Å²) in [4.78, 5) is 27.4. The van der Waals surface area contributed by atoms with Crippen LogP contribution in [0.15, 0.2) is 24.3 Å². The van der Waals surface area contributed by atoms with E-state index >= 15 is 0 Å². The summed E-state index contributed by atoms with van der Waals surface area (Å²) in [6.45, 7) is 5.18. The second kappa shape index (κ2) is 9.45.